The molecule has 0 fully saturated rings. The van der Waals surface area contributed by atoms with E-state index in [1.807, 2.05) is 30.5 Å². The fourth-order valence-electron chi connectivity index (χ4n) is 3.64. The zero-order chi connectivity index (χ0) is 20.1. The van der Waals surface area contributed by atoms with E-state index in [2.05, 4.69) is 36.0 Å². The Balaban J connectivity index is 1.60. The minimum Gasteiger partial charge on any atom is -0.431 e. The Morgan fingerprint density at radius 2 is 2.31 bits per heavy atom. The van der Waals surface area contributed by atoms with Gasteiger partial charge in [-0.1, -0.05) is 6.07 Å². The van der Waals surface area contributed by atoms with Gasteiger partial charge in [0.2, 0.25) is 11.7 Å². The number of aliphatic hydroxyl groups is 1. The summed E-state index contributed by atoms with van der Waals surface area (Å²) < 4.78 is 7.59. The molecule has 0 aromatic carbocycles. The van der Waals surface area contributed by atoms with Crippen molar-refractivity contribution >= 4 is 27.4 Å². The van der Waals surface area contributed by atoms with Crippen LogP contribution in [0.5, 0.6) is 0 Å². The molecule has 1 aliphatic rings. The van der Waals surface area contributed by atoms with Crippen molar-refractivity contribution in [3.63, 3.8) is 0 Å². The molecule has 0 aliphatic carbocycles. The molecule has 0 bridgehead atoms. The number of amides is 1. The first-order chi connectivity index (χ1) is 14.0. The molecule has 0 saturated heterocycles. The minimum absolute atomic E-state index is 0.0497. The summed E-state index contributed by atoms with van der Waals surface area (Å²) in [4.78, 5) is 26.8. The van der Waals surface area contributed by atoms with Crippen LogP contribution in [0.4, 0.5) is 0 Å². The number of carbonyl (C=O) groups is 1. The number of fused-ring (bicyclic) bond motifs is 2. The number of H-pyrrole nitrogens is 1. The summed E-state index contributed by atoms with van der Waals surface area (Å²) in [6.45, 7) is 1.99. The van der Waals surface area contributed by atoms with E-state index < -0.39 is 12.1 Å². The second-order valence-corrected chi connectivity index (χ2v) is 7.66. The number of oxazole rings is 1. The summed E-state index contributed by atoms with van der Waals surface area (Å²) in [7, 11) is 0. The van der Waals surface area contributed by atoms with Crippen LogP contribution in [0.25, 0.3) is 5.52 Å². The lowest BCUT2D eigenvalue weighted by Gasteiger charge is -2.33. The van der Waals surface area contributed by atoms with E-state index in [9.17, 15) is 9.90 Å². The highest BCUT2D eigenvalue weighted by atomic mass is 79.9. The number of nitrogens with zero attached hydrogens (tertiary/aromatic N) is 5. The number of rotatable bonds is 3. The average Bonchev–Trinajstić information content (AvgIpc) is 3.43. The van der Waals surface area contributed by atoms with E-state index in [0.29, 0.717) is 18.7 Å². The monoisotopic (exact) mass is 456 g/mol. The van der Waals surface area contributed by atoms with Crippen LogP contribution in [0.1, 0.15) is 52.6 Å². The first kappa shape index (κ1) is 18.1. The van der Waals surface area contributed by atoms with Crippen molar-refractivity contribution in [2.45, 2.75) is 25.5 Å². The van der Waals surface area contributed by atoms with Gasteiger partial charge < -0.3 is 19.4 Å². The van der Waals surface area contributed by atoms with E-state index in [4.69, 9.17) is 4.42 Å². The lowest BCUT2D eigenvalue weighted by molar-refractivity contribution is 0.0644. The van der Waals surface area contributed by atoms with Gasteiger partial charge >= 0.3 is 0 Å². The molecule has 5 heterocycles. The van der Waals surface area contributed by atoms with Crippen LogP contribution in [0.3, 0.4) is 0 Å². The lowest BCUT2D eigenvalue weighted by Crippen LogP contribution is -2.41. The Bertz CT molecular complexity index is 1180. The van der Waals surface area contributed by atoms with E-state index in [1.165, 1.54) is 6.92 Å². The van der Waals surface area contributed by atoms with Crippen molar-refractivity contribution < 1.29 is 14.3 Å². The van der Waals surface area contributed by atoms with Gasteiger partial charge in [-0.15, -0.1) is 0 Å². The third-order valence-electron chi connectivity index (χ3n) is 5.01. The number of hydrogen-bond donors (Lipinski definition) is 2. The first-order valence-electron chi connectivity index (χ1n) is 9.14. The molecule has 9 nitrogen and oxygen atoms in total. The van der Waals surface area contributed by atoms with Crippen molar-refractivity contribution in [3.05, 3.63) is 70.1 Å². The predicted octanol–water partition coefficient (Wildman–Crippen LogP) is 2.65. The molecule has 0 unspecified atom stereocenters. The van der Waals surface area contributed by atoms with E-state index >= 15 is 0 Å². The number of nitrogens with one attached hydrogen (secondary N) is 1. The topological polar surface area (TPSA) is 113 Å². The molecule has 0 spiro atoms. The minimum atomic E-state index is -0.915. The molecule has 2 N–H and O–H groups in total. The molecule has 0 radical (unpaired) electrons. The number of aromatic nitrogens is 5. The highest BCUT2D eigenvalue weighted by molar-refractivity contribution is 9.10. The first-order valence-corrected chi connectivity index (χ1v) is 9.94. The zero-order valence-electron chi connectivity index (χ0n) is 15.4. The quantitative estimate of drug-likeness (QED) is 0.489. The Morgan fingerprint density at radius 3 is 3.07 bits per heavy atom. The van der Waals surface area contributed by atoms with Gasteiger partial charge in [0.1, 0.15) is 12.1 Å². The molecular weight excluding hydrogens is 440 g/mol. The fourth-order valence-corrected chi connectivity index (χ4v) is 4.07. The van der Waals surface area contributed by atoms with Crippen LogP contribution in [-0.2, 0) is 6.42 Å². The summed E-state index contributed by atoms with van der Waals surface area (Å²) >= 11 is 3.28. The smallest absolute Gasteiger partial charge is 0.293 e. The van der Waals surface area contributed by atoms with Gasteiger partial charge in [0.25, 0.3) is 5.91 Å². The number of carbonyl (C=O) groups excluding carboxylic acids is 1. The number of halogens is 1. The number of pyridine rings is 1. The van der Waals surface area contributed by atoms with Gasteiger partial charge in [-0.3, -0.25) is 4.79 Å². The normalized spacial score (nSPS) is 17.5. The van der Waals surface area contributed by atoms with Crippen LogP contribution in [0.2, 0.25) is 0 Å². The summed E-state index contributed by atoms with van der Waals surface area (Å²) in [6, 6.07) is 7.28. The predicted molar refractivity (Wildman–Crippen MR) is 105 cm³/mol. The average molecular weight is 457 g/mol. The Labute approximate surface area is 173 Å². The summed E-state index contributed by atoms with van der Waals surface area (Å²) in [5.41, 5.74) is 3.38. The fraction of sp³-hybridized carbons (Fsp3) is 0.263. The Hall–Kier alpha value is -2.98. The Kier molecular flexibility index (Phi) is 4.25. The van der Waals surface area contributed by atoms with Crippen molar-refractivity contribution in [1.82, 2.24) is 29.5 Å². The third-order valence-corrected chi connectivity index (χ3v) is 5.55. The second kappa shape index (κ2) is 6.82. The van der Waals surface area contributed by atoms with E-state index in [0.717, 1.165) is 16.9 Å². The third kappa shape index (κ3) is 2.95. The molecule has 5 rings (SSSR count). The van der Waals surface area contributed by atoms with Crippen LogP contribution in [0, 0.1) is 0 Å². The highest BCUT2D eigenvalue weighted by Gasteiger charge is 2.38. The zero-order valence-corrected chi connectivity index (χ0v) is 17.0. The van der Waals surface area contributed by atoms with Gasteiger partial charge in [-0.25, -0.2) is 14.5 Å². The SMILES string of the molecule is C[C@@H](O)c1nc(Br)c(C(=O)N2CCc3[nH]cnc3[C@H]2c2cc3ccccn3n2)o1. The summed E-state index contributed by atoms with van der Waals surface area (Å²) in [6.07, 6.45) is 3.22. The van der Waals surface area contributed by atoms with E-state index in [-0.39, 0.29) is 22.2 Å². The highest BCUT2D eigenvalue weighted by Crippen LogP contribution is 2.35. The number of aromatic amines is 1. The molecule has 1 amide bonds. The van der Waals surface area contributed by atoms with Gasteiger partial charge in [0.05, 0.1) is 23.2 Å². The number of hydrogen-bond acceptors (Lipinski definition) is 6. The van der Waals surface area contributed by atoms with Crippen molar-refractivity contribution in [3.8, 4) is 0 Å². The van der Waals surface area contributed by atoms with Crippen LogP contribution in [-0.4, -0.2) is 47.0 Å². The maximum atomic E-state index is 13.4. The number of imidazole rings is 1. The number of aliphatic hydroxyl groups excluding tert-OH is 1. The van der Waals surface area contributed by atoms with Crippen LogP contribution < -0.4 is 0 Å². The summed E-state index contributed by atoms with van der Waals surface area (Å²) in [5, 5.41) is 14.4. The molecule has 10 heteroatoms. The lowest BCUT2D eigenvalue weighted by atomic mass is 9.99. The van der Waals surface area contributed by atoms with Crippen LogP contribution in [0.15, 0.2) is 45.8 Å². The molecule has 2 atom stereocenters. The van der Waals surface area contributed by atoms with Gasteiger partial charge in [0, 0.05) is 24.9 Å². The van der Waals surface area contributed by atoms with Gasteiger partial charge in [0.15, 0.2) is 4.60 Å². The molecule has 148 valence electrons. The largest absolute Gasteiger partial charge is 0.431 e. The second-order valence-electron chi connectivity index (χ2n) is 6.90. The molecular formula is C19H17BrN6O3. The Morgan fingerprint density at radius 1 is 1.45 bits per heavy atom. The van der Waals surface area contributed by atoms with E-state index in [1.54, 1.807) is 15.7 Å². The molecule has 0 saturated carbocycles. The van der Waals surface area contributed by atoms with Crippen molar-refractivity contribution in [1.29, 1.82) is 0 Å². The molecule has 29 heavy (non-hydrogen) atoms. The van der Waals surface area contributed by atoms with Crippen molar-refractivity contribution in [2.75, 3.05) is 6.54 Å². The van der Waals surface area contributed by atoms with Crippen molar-refractivity contribution in [2.24, 2.45) is 0 Å². The standard InChI is InChI=1S/C19H17BrN6O3/c1-10(27)18-23-17(20)16(29-18)19(28)25-7-5-12-14(22-9-21-12)15(25)13-8-11-4-2-3-6-26(11)24-13/h2-4,6,8-10,15,27H,5,7H2,1H3,(H,21,22)/t10-,15-/m1/s1. The molecule has 4 aromatic rings. The van der Waals surface area contributed by atoms with Crippen LogP contribution >= 0.6 is 15.9 Å². The van der Waals surface area contributed by atoms with Gasteiger partial charge in [-0.2, -0.15) is 5.10 Å². The van der Waals surface area contributed by atoms with Gasteiger partial charge in [-0.05, 0) is 41.1 Å². The maximum Gasteiger partial charge on any atom is 0.293 e. The molecule has 4 aromatic heterocycles. The summed E-state index contributed by atoms with van der Waals surface area (Å²) in [5.74, 6) is -0.206. The molecule has 1 aliphatic heterocycles. The maximum absolute atomic E-state index is 13.4.